The van der Waals surface area contributed by atoms with Crippen LogP contribution in [0.3, 0.4) is 0 Å². The molecule has 0 aromatic rings. The van der Waals surface area contributed by atoms with Crippen molar-refractivity contribution in [3.63, 3.8) is 0 Å². The molecule has 1 fully saturated rings. The fourth-order valence-corrected chi connectivity index (χ4v) is 1.76. The van der Waals surface area contributed by atoms with E-state index in [9.17, 15) is 0 Å². The number of nitriles is 1. The number of rotatable bonds is 6. The third-order valence-corrected chi connectivity index (χ3v) is 2.84. The van der Waals surface area contributed by atoms with Gasteiger partial charge in [0, 0.05) is 19.1 Å². The maximum Gasteiger partial charge on any atom is 0.102 e. The first-order valence-electron chi connectivity index (χ1n) is 5.89. The Morgan fingerprint density at radius 1 is 1.53 bits per heavy atom. The van der Waals surface area contributed by atoms with Crippen molar-refractivity contribution in [3.8, 4) is 6.07 Å². The van der Waals surface area contributed by atoms with E-state index in [2.05, 4.69) is 24.8 Å². The van der Waals surface area contributed by atoms with Crippen molar-refractivity contribution in [1.82, 2.24) is 4.90 Å². The second-order valence-electron chi connectivity index (χ2n) is 5.40. The first-order valence-corrected chi connectivity index (χ1v) is 5.89. The highest BCUT2D eigenvalue weighted by Crippen LogP contribution is 2.28. The Morgan fingerprint density at radius 3 is 2.53 bits per heavy atom. The summed E-state index contributed by atoms with van der Waals surface area (Å²) in [6.45, 7) is 8.38. The van der Waals surface area contributed by atoms with Gasteiger partial charge in [0.2, 0.25) is 0 Å². The Hall–Kier alpha value is -0.590. The highest BCUT2D eigenvalue weighted by Gasteiger charge is 2.30. The van der Waals surface area contributed by atoms with Crippen LogP contribution in [0.25, 0.3) is 0 Å². The molecule has 0 aliphatic heterocycles. The third kappa shape index (κ3) is 4.63. The lowest BCUT2D eigenvalue weighted by Gasteiger charge is -2.26. The molecule has 0 radical (unpaired) electrons. The molecular weight excluding hydrogens is 186 g/mol. The summed E-state index contributed by atoms with van der Waals surface area (Å²) in [6, 6.07) is 2.93. The van der Waals surface area contributed by atoms with Crippen LogP contribution in [-0.2, 0) is 0 Å². The van der Waals surface area contributed by atoms with Gasteiger partial charge in [0.1, 0.15) is 5.54 Å². The topological polar surface area (TPSA) is 53.0 Å². The molecular formula is C12H23N3. The van der Waals surface area contributed by atoms with Gasteiger partial charge in [-0.2, -0.15) is 5.26 Å². The predicted octanol–water partition coefficient (Wildman–Crippen LogP) is 1.74. The van der Waals surface area contributed by atoms with Crippen molar-refractivity contribution < 1.29 is 0 Å². The Balaban J connectivity index is 2.35. The van der Waals surface area contributed by atoms with Gasteiger partial charge in [-0.1, -0.05) is 13.8 Å². The first-order chi connectivity index (χ1) is 6.94. The Labute approximate surface area is 93.2 Å². The first kappa shape index (κ1) is 12.5. The van der Waals surface area contributed by atoms with Gasteiger partial charge < -0.3 is 10.6 Å². The smallest absolute Gasteiger partial charge is 0.102 e. The highest BCUT2D eigenvalue weighted by atomic mass is 15.2. The summed E-state index contributed by atoms with van der Waals surface area (Å²) in [4.78, 5) is 2.49. The summed E-state index contributed by atoms with van der Waals surface area (Å²) in [7, 11) is 0. The van der Waals surface area contributed by atoms with E-state index in [1.807, 2.05) is 6.92 Å². The molecule has 0 heterocycles. The van der Waals surface area contributed by atoms with Gasteiger partial charge in [-0.05, 0) is 32.1 Å². The average Bonchev–Trinajstić information content (AvgIpc) is 2.95. The molecule has 3 nitrogen and oxygen atoms in total. The molecule has 86 valence electrons. The molecule has 0 saturated heterocycles. The zero-order chi connectivity index (χ0) is 11.5. The summed E-state index contributed by atoms with van der Waals surface area (Å²) in [5.74, 6) is 0.691. The fraction of sp³-hybridized carbons (Fsp3) is 0.917. The normalized spacial score (nSPS) is 20.3. The molecule has 3 heteroatoms. The Bertz CT molecular complexity index is 236. The van der Waals surface area contributed by atoms with Crippen LogP contribution in [0.5, 0.6) is 0 Å². The Kier molecular flexibility index (Phi) is 4.12. The quantitative estimate of drug-likeness (QED) is 0.725. The van der Waals surface area contributed by atoms with E-state index in [-0.39, 0.29) is 0 Å². The van der Waals surface area contributed by atoms with Crippen LogP contribution in [0.4, 0.5) is 0 Å². The van der Waals surface area contributed by atoms with E-state index in [4.69, 9.17) is 11.0 Å². The minimum atomic E-state index is -0.663. The molecule has 1 aliphatic carbocycles. The van der Waals surface area contributed by atoms with Crippen molar-refractivity contribution in [3.05, 3.63) is 0 Å². The molecule has 1 saturated carbocycles. The minimum absolute atomic E-state index is 0.663. The molecule has 15 heavy (non-hydrogen) atoms. The monoisotopic (exact) mass is 209 g/mol. The van der Waals surface area contributed by atoms with Gasteiger partial charge in [-0.25, -0.2) is 0 Å². The second kappa shape index (κ2) is 4.96. The second-order valence-corrected chi connectivity index (χ2v) is 5.40. The van der Waals surface area contributed by atoms with Crippen molar-refractivity contribution >= 4 is 0 Å². The van der Waals surface area contributed by atoms with E-state index in [0.717, 1.165) is 25.6 Å². The summed E-state index contributed by atoms with van der Waals surface area (Å²) >= 11 is 0. The van der Waals surface area contributed by atoms with Crippen LogP contribution in [0, 0.1) is 17.2 Å². The summed E-state index contributed by atoms with van der Waals surface area (Å²) in [5, 5.41) is 8.85. The number of hydrogen-bond donors (Lipinski definition) is 1. The van der Waals surface area contributed by atoms with E-state index in [1.54, 1.807) is 0 Å². The molecule has 1 aliphatic rings. The van der Waals surface area contributed by atoms with E-state index >= 15 is 0 Å². The lowest BCUT2D eigenvalue weighted by Crippen LogP contribution is -2.40. The number of hydrogen-bond acceptors (Lipinski definition) is 3. The van der Waals surface area contributed by atoms with Gasteiger partial charge in [0.05, 0.1) is 6.07 Å². The van der Waals surface area contributed by atoms with Gasteiger partial charge in [0.15, 0.2) is 0 Å². The van der Waals surface area contributed by atoms with Gasteiger partial charge in [0.25, 0.3) is 0 Å². The SMILES string of the molecule is CC(C)CN(CCC(C)(N)C#N)C1CC1. The largest absolute Gasteiger partial charge is 0.314 e. The van der Waals surface area contributed by atoms with Gasteiger partial charge in [-0.15, -0.1) is 0 Å². The highest BCUT2D eigenvalue weighted by molar-refractivity contribution is 5.01. The molecule has 2 N–H and O–H groups in total. The van der Waals surface area contributed by atoms with E-state index < -0.39 is 5.54 Å². The summed E-state index contributed by atoms with van der Waals surface area (Å²) in [6.07, 6.45) is 3.41. The van der Waals surface area contributed by atoms with Crippen LogP contribution < -0.4 is 5.73 Å². The maximum absolute atomic E-state index is 8.85. The molecule has 0 bridgehead atoms. The van der Waals surface area contributed by atoms with Crippen molar-refractivity contribution in [2.75, 3.05) is 13.1 Å². The van der Waals surface area contributed by atoms with Crippen LogP contribution in [0.15, 0.2) is 0 Å². The predicted molar refractivity (Wildman–Crippen MR) is 62.3 cm³/mol. The number of nitrogens with zero attached hydrogens (tertiary/aromatic N) is 2. The zero-order valence-corrected chi connectivity index (χ0v) is 10.2. The maximum atomic E-state index is 8.85. The fourth-order valence-electron chi connectivity index (χ4n) is 1.76. The van der Waals surface area contributed by atoms with Crippen molar-refractivity contribution in [1.29, 1.82) is 5.26 Å². The van der Waals surface area contributed by atoms with Crippen LogP contribution in [-0.4, -0.2) is 29.6 Å². The zero-order valence-electron chi connectivity index (χ0n) is 10.2. The summed E-state index contributed by atoms with van der Waals surface area (Å²) < 4.78 is 0. The average molecular weight is 209 g/mol. The standard InChI is InChI=1S/C12H23N3/c1-10(2)8-15(11-4-5-11)7-6-12(3,14)9-13/h10-11H,4-8,14H2,1-3H3. The molecule has 0 spiro atoms. The molecule has 1 unspecified atom stereocenters. The van der Waals surface area contributed by atoms with Crippen LogP contribution >= 0.6 is 0 Å². The van der Waals surface area contributed by atoms with Gasteiger partial charge in [-0.3, -0.25) is 0 Å². The summed E-state index contributed by atoms with van der Waals surface area (Å²) in [5.41, 5.74) is 5.17. The molecule has 0 aromatic heterocycles. The molecule has 0 amide bonds. The van der Waals surface area contributed by atoms with Crippen LogP contribution in [0.2, 0.25) is 0 Å². The third-order valence-electron chi connectivity index (χ3n) is 2.84. The van der Waals surface area contributed by atoms with Crippen molar-refractivity contribution in [2.45, 2.75) is 51.6 Å². The molecule has 0 aromatic carbocycles. The van der Waals surface area contributed by atoms with E-state index in [1.165, 1.54) is 12.8 Å². The lowest BCUT2D eigenvalue weighted by atomic mass is 10.0. The minimum Gasteiger partial charge on any atom is -0.314 e. The Morgan fingerprint density at radius 2 is 2.13 bits per heavy atom. The number of nitrogens with two attached hydrogens (primary N) is 1. The van der Waals surface area contributed by atoms with Crippen molar-refractivity contribution in [2.24, 2.45) is 11.7 Å². The van der Waals surface area contributed by atoms with Gasteiger partial charge >= 0.3 is 0 Å². The lowest BCUT2D eigenvalue weighted by molar-refractivity contribution is 0.220. The molecule has 1 rings (SSSR count). The molecule has 1 atom stereocenters. The van der Waals surface area contributed by atoms with Crippen LogP contribution in [0.1, 0.15) is 40.0 Å². The van der Waals surface area contributed by atoms with E-state index in [0.29, 0.717) is 5.92 Å².